The molecule has 0 atom stereocenters. The van der Waals surface area contributed by atoms with Crippen molar-refractivity contribution in [1.29, 1.82) is 0 Å². The van der Waals surface area contributed by atoms with Crippen LogP contribution in [0.1, 0.15) is 18.7 Å². The van der Waals surface area contributed by atoms with Gasteiger partial charge in [0, 0.05) is 25.5 Å². The Bertz CT molecular complexity index is 409. The van der Waals surface area contributed by atoms with E-state index in [0.29, 0.717) is 11.8 Å². The second-order valence-electron chi connectivity index (χ2n) is 3.58. The van der Waals surface area contributed by atoms with Crippen LogP contribution in [0.5, 0.6) is 0 Å². The molecule has 6 heteroatoms. The van der Waals surface area contributed by atoms with Gasteiger partial charge in [-0.2, -0.15) is 4.98 Å². The Morgan fingerprint density at radius 1 is 1.44 bits per heavy atom. The first kappa shape index (κ1) is 10.7. The zero-order valence-electron chi connectivity index (χ0n) is 9.26. The van der Waals surface area contributed by atoms with E-state index in [-0.39, 0.29) is 0 Å². The third-order valence-electron chi connectivity index (χ3n) is 2.21. The third-order valence-corrected chi connectivity index (χ3v) is 2.21. The van der Waals surface area contributed by atoms with E-state index in [1.165, 1.54) is 0 Å². The minimum atomic E-state index is 0.500. The van der Waals surface area contributed by atoms with Crippen molar-refractivity contribution >= 4 is 6.01 Å². The van der Waals surface area contributed by atoms with Crippen LogP contribution < -0.4 is 5.32 Å². The molecule has 2 heterocycles. The molecule has 0 aliphatic heterocycles. The molecule has 0 aromatic carbocycles. The standard InChI is InChI=1S/C10H15N5O/c1-9-13-10(16-14-9)12-4-2-3-6-15-7-5-11-8-15/h5,7-8H,2-4,6H2,1H3,(H,12,13,14). The van der Waals surface area contributed by atoms with E-state index in [9.17, 15) is 0 Å². The number of rotatable bonds is 6. The Hall–Kier alpha value is -1.85. The largest absolute Gasteiger partial charge is 0.338 e. The van der Waals surface area contributed by atoms with Crippen molar-refractivity contribution in [1.82, 2.24) is 19.7 Å². The first-order valence-corrected chi connectivity index (χ1v) is 5.34. The van der Waals surface area contributed by atoms with Gasteiger partial charge in [0.05, 0.1) is 6.33 Å². The summed E-state index contributed by atoms with van der Waals surface area (Å²) in [6.07, 6.45) is 7.74. The molecule has 0 aliphatic rings. The van der Waals surface area contributed by atoms with Crippen LogP contribution in [-0.2, 0) is 6.54 Å². The van der Waals surface area contributed by atoms with Crippen LogP contribution in [0.15, 0.2) is 23.2 Å². The molecule has 0 radical (unpaired) electrons. The molecule has 1 N–H and O–H groups in total. The van der Waals surface area contributed by atoms with Crippen LogP contribution in [0.25, 0.3) is 0 Å². The SMILES string of the molecule is Cc1noc(NCCCCn2ccnc2)n1. The van der Waals surface area contributed by atoms with Crippen LogP contribution in [0.3, 0.4) is 0 Å². The van der Waals surface area contributed by atoms with Gasteiger partial charge in [0.25, 0.3) is 0 Å². The highest BCUT2D eigenvalue weighted by atomic mass is 16.5. The second-order valence-corrected chi connectivity index (χ2v) is 3.58. The van der Waals surface area contributed by atoms with E-state index in [1.807, 2.05) is 12.5 Å². The van der Waals surface area contributed by atoms with Gasteiger partial charge in [-0.15, -0.1) is 0 Å². The number of imidazole rings is 1. The van der Waals surface area contributed by atoms with Gasteiger partial charge in [-0.05, 0) is 19.8 Å². The van der Waals surface area contributed by atoms with Crippen LogP contribution in [-0.4, -0.2) is 26.2 Å². The van der Waals surface area contributed by atoms with Gasteiger partial charge >= 0.3 is 6.01 Å². The molecular formula is C10H15N5O. The lowest BCUT2D eigenvalue weighted by atomic mass is 10.3. The maximum Gasteiger partial charge on any atom is 0.321 e. The minimum absolute atomic E-state index is 0.500. The highest BCUT2D eigenvalue weighted by molar-refractivity contribution is 5.17. The molecule has 0 amide bonds. The lowest BCUT2D eigenvalue weighted by Crippen LogP contribution is -2.03. The van der Waals surface area contributed by atoms with Crippen molar-refractivity contribution < 1.29 is 4.52 Å². The molecule has 0 fully saturated rings. The van der Waals surface area contributed by atoms with Crippen LogP contribution in [0.2, 0.25) is 0 Å². The monoisotopic (exact) mass is 221 g/mol. The van der Waals surface area contributed by atoms with Gasteiger partial charge in [0.2, 0.25) is 0 Å². The number of hydrogen-bond acceptors (Lipinski definition) is 5. The van der Waals surface area contributed by atoms with Crippen LogP contribution in [0, 0.1) is 6.92 Å². The molecule has 0 saturated heterocycles. The molecule has 6 nitrogen and oxygen atoms in total. The molecule has 0 unspecified atom stereocenters. The lowest BCUT2D eigenvalue weighted by Gasteiger charge is -2.02. The second kappa shape index (κ2) is 5.29. The highest BCUT2D eigenvalue weighted by Gasteiger charge is 1.99. The molecule has 0 aliphatic carbocycles. The number of aryl methyl sites for hydroxylation is 2. The number of hydrogen-bond donors (Lipinski definition) is 1. The van der Waals surface area contributed by atoms with E-state index in [2.05, 4.69) is 25.0 Å². The topological polar surface area (TPSA) is 68.8 Å². The maximum absolute atomic E-state index is 4.93. The number of nitrogens with zero attached hydrogens (tertiary/aromatic N) is 4. The van der Waals surface area contributed by atoms with Crippen molar-refractivity contribution in [2.24, 2.45) is 0 Å². The minimum Gasteiger partial charge on any atom is -0.338 e. The van der Waals surface area contributed by atoms with Gasteiger partial charge < -0.3 is 14.4 Å². The fourth-order valence-electron chi connectivity index (χ4n) is 1.40. The number of aromatic nitrogens is 4. The van der Waals surface area contributed by atoms with Crippen LogP contribution >= 0.6 is 0 Å². The number of unbranched alkanes of at least 4 members (excludes halogenated alkanes) is 1. The molecule has 86 valence electrons. The summed E-state index contributed by atoms with van der Waals surface area (Å²) in [5, 5.41) is 6.78. The molecule has 2 aromatic rings. The van der Waals surface area contributed by atoms with Crippen LogP contribution in [0.4, 0.5) is 6.01 Å². The van der Waals surface area contributed by atoms with Gasteiger partial charge in [0.1, 0.15) is 0 Å². The summed E-state index contributed by atoms with van der Waals surface area (Å²) in [7, 11) is 0. The molecule has 2 aromatic heterocycles. The van der Waals surface area contributed by atoms with Crippen molar-refractivity contribution in [3.05, 3.63) is 24.5 Å². The van der Waals surface area contributed by atoms with Crippen molar-refractivity contribution in [2.45, 2.75) is 26.3 Å². The molecule has 0 bridgehead atoms. The predicted molar refractivity (Wildman–Crippen MR) is 59.0 cm³/mol. The van der Waals surface area contributed by atoms with Gasteiger partial charge in [-0.25, -0.2) is 4.98 Å². The molecule has 0 spiro atoms. The lowest BCUT2D eigenvalue weighted by molar-refractivity contribution is 0.424. The van der Waals surface area contributed by atoms with Crippen molar-refractivity contribution in [2.75, 3.05) is 11.9 Å². The van der Waals surface area contributed by atoms with E-state index in [1.54, 1.807) is 13.1 Å². The third kappa shape index (κ3) is 3.08. The number of anilines is 1. The van der Waals surface area contributed by atoms with Gasteiger partial charge in [-0.1, -0.05) is 5.16 Å². The van der Waals surface area contributed by atoms with E-state index < -0.39 is 0 Å². The highest BCUT2D eigenvalue weighted by Crippen LogP contribution is 2.02. The summed E-state index contributed by atoms with van der Waals surface area (Å²) in [4.78, 5) is 8.04. The molecule has 0 saturated carbocycles. The number of nitrogens with one attached hydrogen (secondary N) is 1. The summed E-state index contributed by atoms with van der Waals surface area (Å²) in [5.74, 6) is 0.654. The summed E-state index contributed by atoms with van der Waals surface area (Å²) in [5.41, 5.74) is 0. The average Bonchev–Trinajstić information content (AvgIpc) is 2.89. The molecule has 16 heavy (non-hydrogen) atoms. The fourth-order valence-corrected chi connectivity index (χ4v) is 1.40. The zero-order chi connectivity index (χ0) is 11.2. The average molecular weight is 221 g/mol. The van der Waals surface area contributed by atoms with E-state index >= 15 is 0 Å². The Kier molecular flexibility index (Phi) is 3.53. The van der Waals surface area contributed by atoms with Crippen molar-refractivity contribution in [3.8, 4) is 0 Å². The zero-order valence-corrected chi connectivity index (χ0v) is 9.26. The molecular weight excluding hydrogens is 206 g/mol. The van der Waals surface area contributed by atoms with E-state index in [0.717, 1.165) is 25.9 Å². The summed E-state index contributed by atoms with van der Waals surface area (Å²) < 4.78 is 7.00. The Balaban J connectivity index is 1.59. The summed E-state index contributed by atoms with van der Waals surface area (Å²) >= 11 is 0. The van der Waals surface area contributed by atoms with Gasteiger partial charge in [0.15, 0.2) is 5.82 Å². The fraction of sp³-hybridized carbons (Fsp3) is 0.500. The van der Waals surface area contributed by atoms with Gasteiger partial charge in [-0.3, -0.25) is 0 Å². The Labute approximate surface area is 93.7 Å². The summed E-state index contributed by atoms with van der Waals surface area (Å²) in [6, 6.07) is 0.500. The quantitative estimate of drug-likeness (QED) is 0.748. The van der Waals surface area contributed by atoms with E-state index in [4.69, 9.17) is 4.52 Å². The predicted octanol–water partition coefficient (Wildman–Crippen LogP) is 1.47. The Morgan fingerprint density at radius 2 is 2.38 bits per heavy atom. The van der Waals surface area contributed by atoms with Crippen molar-refractivity contribution in [3.63, 3.8) is 0 Å². The first-order valence-electron chi connectivity index (χ1n) is 5.34. The smallest absolute Gasteiger partial charge is 0.321 e. The summed E-state index contributed by atoms with van der Waals surface area (Å²) in [6.45, 7) is 3.63. The normalized spacial score (nSPS) is 10.6. The molecule has 2 rings (SSSR count). The Morgan fingerprint density at radius 3 is 3.06 bits per heavy atom. The maximum atomic E-state index is 4.93. The first-order chi connectivity index (χ1) is 7.84.